The summed E-state index contributed by atoms with van der Waals surface area (Å²) in [5.41, 5.74) is 0. The normalized spacial score (nSPS) is 16.1. The van der Waals surface area contributed by atoms with Crippen LogP contribution in [0.3, 0.4) is 0 Å². The average molecular weight is 561 g/mol. The van der Waals surface area contributed by atoms with Crippen LogP contribution in [0.1, 0.15) is 27.7 Å². The van der Waals surface area contributed by atoms with Gasteiger partial charge in [-0.1, -0.05) is 0 Å². The number of alkyl halides is 14. The minimum absolute atomic E-state index is 1.28. The molecule has 0 aliphatic carbocycles. The van der Waals surface area contributed by atoms with Crippen molar-refractivity contribution in [1.82, 2.24) is 0 Å². The van der Waals surface area contributed by atoms with E-state index in [2.05, 4.69) is 27.7 Å². The average Bonchev–Trinajstić information content (AvgIpc) is 2.67. The smallest absolute Gasteiger partial charge is 0.425 e. The second-order valence-corrected chi connectivity index (χ2v) is 8.25. The van der Waals surface area contributed by atoms with Crippen LogP contribution >= 0.6 is 0 Å². The van der Waals surface area contributed by atoms with Crippen molar-refractivity contribution in [3.8, 4) is 0 Å². The molecule has 0 saturated heterocycles. The Morgan fingerprint density at radius 2 is 0.941 bits per heavy atom. The number of hydrogen-bond acceptors (Lipinski definition) is 3. The first kappa shape index (κ1) is 35.1. The van der Waals surface area contributed by atoms with Crippen LogP contribution in [0.15, 0.2) is 0 Å². The number of quaternary nitrogens is 1. The first-order chi connectivity index (χ1) is 14.6. The predicted molar refractivity (Wildman–Crippen MR) is 87.8 cm³/mol. The standard InChI is InChI=1S/C8H20N.C7H2F14O3S/c1-5-9(6-2,7-3)8-4;8-1(3(11,12)13)2(9,10)4(14,15)5(16,17)6(18,19)7(20,21)25(22,23)24/h5-8H2,1-4H3;1H,(H,22,23,24)/q+1;/p-1. The van der Waals surface area contributed by atoms with Crippen LogP contribution in [0.4, 0.5) is 61.5 Å². The number of hydrogen-bond donors (Lipinski definition) is 0. The third-order valence-electron chi connectivity index (χ3n) is 5.18. The van der Waals surface area contributed by atoms with Crippen LogP contribution in [0.25, 0.3) is 0 Å². The van der Waals surface area contributed by atoms with Crippen LogP contribution in [0.5, 0.6) is 0 Å². The Morgan fingerprint density at radius 1 is 0.647 bits per heavy atom. The number of rotatable bonds is 10. The van der Waals surface area contributed by atoms with E-state index in [0.29, 0.717) is 0 Å². The van der Waals surface area contributed by atoms with Gasteiger partial charge in [0.25, 0.3) is 6.17 Å². The molecule has 0 heterocycles. The maximum Gasteiger partial charge on any atom is 0.425 e. The number of halogens is 14. The molecule has 0 aromatic carbocycles. The maximum absolute atomic E-state index is 12.9. The lowest BCUT2D eigenvalue weighted by Crippen LogP contribution is -2.71. The van der Waals surface area contributed by atoms with Crippen molar-refractivity contribution >= 4 is 10.1 Å². The van der Waals surface area contributed by atoms with E-state index in [9.17, 15) is 74.4 Å². The van der Waals surface area contributed by atoms with Crippen molar-refractivity contribution in [1.29, 1.82) is 0 Å². The molecule has 0 aromatic heterocycles. The van der Waals surface area contributed by atoms with E-state index < -0.39 is 51.4 Å². The van der Waals surface area contributed by atoms with Gasteiger partial charge in [0.2, 0.25) is 0 Å². The Labute approximate surface area is 185 Å². The summed E-state index contributed by atoms with van der Waals surface area (Å²) in [5.74, 6) is -32.5. The van der Waals surface area contributed by atoms with Crippen molar-refractivity contribution in [2.75, 3.05) is 26.2 Å². The molecule has 1 atom stereocenters. The predicted octanol–water partition coefficient (Wildman–Crippen LogP) is 5.45. The van der Waals surface area contributed by atoms with Gasteiger partial charge in [0.1, 0.15) is 0 Å². The van der Waals surface area contributed by atoms with Gasteiger partial charge in [-0.25, -0.2) is 12.8 Å². The fraction of sp³-hybridized carbons (Fsp3) is 1.00. The minimum Gasteiger partial charge on any atom is -0.743 e. The van der Waals surface area contributed by atoms with E-state index in [-0.39, 0.29) is 0 Å². The maximum atomic E-state index is 12.9. The molecule has 0 aliphatic heterocycles. The highest BCUT2D eigenvalue weighted by atomic mass is 32.2. The van der Waals surface area contributed by atoms with Gasteiger partial charge in [0.05, 0.1) is 26.2 Å². The fourth-order valence-corrected chi connectivity index (χ4v) is 2.89. The second-order valence-electron chi connectivity index (χ2n) is 6.83. The lowest BCUT2D eigenvalue weighted by Gasteiger charge is -2.40. The molecule has 34 heavy (non-hydrogen) atoms. The molecule has 1 unspecified atom stereocenters. The van der Waals surface area contributed by atoms with Crippen LogP contribution in [-0.4, -0.2) is 84.9 Å². The van der Waals surface area contributed by atoms with Crippen LogP contribution in [0.2, 0.25) is 0 Å². The van der Waals surface area contributed by atoms with Crippen LogP contribution in [0, 0.1) is 0 Å². The summed E-state index contributed by atoms with van der Waals surface area (Å²) in [6.07, 6.45) is -13.3. The van der Waals surface area contributed by atoms with Crippen molar-refractivity contribution in [3.63, 3.8) is 0 Å². The first-order valence-corrected chi connectivity index (χ1v) is 10.5. The van der Waals surface area contributed by atoms with E-state index in [4.69, 9.17) is 0 Å². The Hall–Kier alpha value is -1.11. The zero-order valence-corrected chi connectivity index (χ0v) is 18.6. The molecule has 0 spiro atoms. The van der Waals surface area contributed by atoms with E-state index in [1.54, 1.807) is 0 Å². The molecule has 19 heteroatoms. The third-order valence-corrected chi connectivity index (χ3v) is 6.06. The summed E-state index contributed by atoms with van der Waals surface area (Å²) in [5, 5.41) is -7.67. The highest BCUT2D eigenvalue weighted by Gasteiger charge is 2.90. The lowest BCUT2D eigenvalue weighted by atomic mass is 9.95. The van der Waals surface area contributed by atoms with Gasteiger partial charge >= 0.3 is 35.1 Å². The Morgan fingerprint density at radius 3 is 1.12 bits per heavy atom. The molecular formula is C15H21F14NO3S. The highest BCUT2D eigenvalue weighted by molar-refractivity contribution is 7.86. The monoisotopic (exact) mass is 561 g/mol. The van der Waals surface area contributed by atoms with Crippen LogP contribution < -0.4 is 0 Å². The summed E-state index contributed by atoms with van der Waals surface area (Å²) >= 11 is 0. The highest BCUT2D eigenvalue weighted by Crippen LogP contribution is 2.59. The molecule has 0 bridgehead atoms. The van der Waals surface area contributed by atoms with E-state index in [1.807, 2.05) is 0 Å². The van der Waals surface area contributed by atoms with E-state index in [0.717, 1.165) is 0 Å². The topological polar surface area (TPSA) is 57.2 Å². The van der Waals surface area contributed by atoms with Crippen molar-refractivity contribution < 1.29 is 78.9 Å². The summed E-state index contributed by atoms with van der Waals surface area (Å²) < 4.78 is 205. The molecule has 4 nitrogen and oxygen atoms in total. The van der Waals surface area contributed by atoms with Crippen molar-refractivity contribution in [3.05, 3.63) is 0 Å². The summed E-state index contributed by atoms with van der Waals surface area (Å²) in [4.78, 5) is 0. The van der Waals surface area contributed by atoms with Crippen LogP contribution in [-0.2, 0) is 10.1 Å². The molecule has 0 saturated carbocycles. The molecule has 0 N–H and O–H groups in total. The zero-order chi connectivity index (χ0) is 28.4. The van der Waals surface area contributed by atoms with Gasteiger partial charge in [-0.2, -0.15) is 57.1 Å². The van der Waals surface area contributed by atoms with Gasteiger partial charge in [-0.05, 0) is 27.7 Å². The molecule has 0 radical (unpaired) electrons. The summed E-state index contributed by atoms with van der Waals surface area (Å²) in [6, 6.07) is 0. The van der Waals surface area contributed by atoms with Gasteiger partial charge in [-0.3, -0.25) is 0 Å². The second kappa shape index (κ2) is 10.5. The number of nitrogens with zero attached hydrogens (tertiary/aromatic N) is 1. The fourth-order valence-electron chi connectivity index (χ4n) is 2.45. The molecule has 0 aromatic rings. The third kappa shape index (κ3) is 5.99. The molecule has 0 aliphatic rings. The lowest BCUT2D eigenvalue weighted by molar-refractivity contribution is -0.921. The van der Waals surface area contributed by atoms with Gasteiger partial charge in [0, 0.05) is 0 Å². The Bertz CT molecular complexity index is 745. The van der Waals surface area contributed by atoms with E-state index in [1.165, 1.54) is 30.7 Å². The van der Waals surface area contributed by atoms with E-state index >= 15 is 0 Å². The molecule has 0 fully saturated rings. The summed E-state index contributed by atoms with van der Waals surface area (Å²) in [7, 11) is -7.91. The minimum atomic E-state index is -8.32. The molecule has 0 amide bonds. The summed E-state index contributed by atoms with van der Waals surface area (Å²) in [6.45, 7) is 14.2. The van der Waals surface area contributed by atoms with Gasteiger partial charge < -0.3 is 9.04 Å². The van der Waals surface area contributed by atoms with Gasteiger partial charge in [0.15, 0.2) is 10.1 Å². The molecule has 0 rings (SSSR count). The largest absolute Gasteiger partial charge is 0.743 e. The zero-order valence-electron chi connectivity index (χ0n) is 17.8. The van der Waals surface area contributed by atoms with Crippen molar-refractivity contribution in [2.45, 2.75) is 69.0 Å². The first-order valence-electron chi connectivity index (χ1n) is 9.05. The SMILES string of the molecule is CC[N+](CC)(CC)CC.O=S(=O)([O-])C(F)(F)C(F)(F)C(F)(F)C(F)(F)C(F)(F)C(F)C(F)(F)F. The Balaban J connectivity index is 0. The molecular weight excluding hydrogens is 540 g/mol. The Kier molecular flexibility index (Phi) is 10.8. The molecule has 208 valence electrons. The quantitative estimate of drug-likeness (QED) is 0.203. The van der Waals surface area contributed by atoms with Crippen molar-refractivity contribution in [2.24, 2.45) is 0 Å². The van der Waals surface area contributed by atoms with Gasteiger partial charge in [-0.15, -0.1) is 0 Å².